The number of primary amides is 1. The van der Waals surface area contributed by atoms with E-state index in [0.29, 0.717) is 47.3 Å². The molecule has 162 valence electrons. The lowest BCUT2D eigenvalue weighted by Crippen LogP contribution is -2.11. The smallest absolute Gasteiger partial charge is 0.268 e. The van der Waals surface area contributed by atoms with Crippen LogP contribution in [0.2, 0.25) is 0 Å². The molecule has 1 amide bonds. The van der Waals surface area contributed by atoms with Gasteiger partial charge in [0.1, 0.15) is 35.3 Å². The SMILES string of the molecule is CC(C)O.Cc1cc(C(O)C#Cc2ccc3c(c2)-c2nc(C(N)=O)cn2CCO3)no1. The number of carbonyl (C=O) groups is 1. The molecule has 2 aromatic heterocycles. The molecule has 1 unspecified atom stereocenters. The van der Waals surface area contributed by atoms with Crippen LogP contribution in [0.1, 0.15) is 47.5 Å². The molecule has 31 heavy (non-hydrogen) atoms. The maximum Gasteiger partial charge on any atom is 0.268 e. The van der Waals surface area contributed by atoms with E-state index < -0.39 is 12.0 Å². The van der Waals surface area contributed by atoms with Gasteiger partial charge in [0, 0.05) is 23.9 Å². The number of aliphatic hydroxyl groups is 2. The molecule has 3 aromatic rings. The number of fused-ring (bicyclic) bond motifs is 3. The van der Waals surface area contributed by atoms with E-state index in [1.54, 1.807) is 51.2 Å². The summed E-state index contributed by atoms with van der Waals surface area (Å²) in [4.78, 5) is 15.8. The molecule has 9 heteroatoms. The van der Waals surface area contributed by atoms with Crippen molar-refractivity contribution >= 4 is 5.91 Å². The molecule has 0 fully saturated rings. The first-order valence-corrected chi connectivity index (χ1v) is 9.69. The van der Waals surface area contributed by atoms with Crippen LogP contribution in [0.5, 0.6) is 5.75 Å². The summed E-state index contributed by atoms with van der Waals surface area (Å²) in [5.41, 5.74) is 7.27. The summed E-state index contributed by atoms with van der Waals surface area (Å²) < 4.78 is 12.5. The van der Waals surface area contributed by atoms with Crippen molar-refractivity contribution in [2.45, 2.75) is 39.5 Å². The van der Waals surface area contributed by atoms with E-state index in [0.717, 1.165) is 0 Å². The van der Waals surface area contributed by atoms with E-state index in [1.807, 2.05) is 4.57 Å². The van der Waals surface area contributed by atoms with Gasteiger partial charge < -0.3 is 29.8 Å². The Kier molecular flexibility index (Phi) is 6.74. The Bertz CT molecular complexity index is 1130. The quantitative estimate of drug-likeness (QED) is 0.534. The van der Waals surface area contributed by atoms with Crippen LogP contribution in [0.3, 0.4) is 0 Å². The van der Waals surface area contributed by atoms with Crippen LogP contribution in [0.15, 0.2) is 35.0 Å². The van der Waals surface area contributed by atoms with Gasteiger partial charge in [0.2, 0.25) is 0 Å². The number of aliphatic hydroxyl groups excluding tert-OH is 2. The van der Waals surface area contributed by atoms with E-state index in [2.05, 4.69) is 22.0 Å². The molecular weight excluding hydrogens is 400 g/mol. The fraction of sp³-hybridized carbons (Fsp3) is 0.318. The Morgan fingerprint density at radius 2 is 2.03 bits per heavy atom. The van der Waals surface area contributed by atoms with Crippen molar-refractivity contribution < 1.29 is 24.3 Å². The summed E-state index contributed by atoms with van der Waals surface area (Å²) in [6, 6.07) is 7.02. The summed E-state index contributed by atoms with van der Waals surface area (Å²) in [6.45, 7) is 6.19. The molecule has 3 heterocycles. The van der Waals surface area contributed by atoms with Crippen molar-refractivity contribution in [1.82, 2.24) is 14.7 Å². The highest BCUT2D eigenvalue weighted by Gasteiger charge is 2.20. The van der Waals surface area contributed by atoms with Crippen LogP contribution in [0, 0.1) is 18.8 Å². The van der Waals surface area contributed by atoms with E-state index >= 15 is 0 Å². The molecule has 1 aliphatic rings. The summed E-state index contributed by atoms with van der Waals surface area (Å²) >= 11 is 0. The fourth-order valence-electron chi connectivity index (χ4n) is 2.82. The zero-order valence-electron chi connectivity index (χ0n) is 17.5. The molecule has 1 aromatic carbocycles. The predicted octanol–water partition coefficient (Wildman–Crippen LogP) is 1.81. The molecular formula is C22H24N4O5. The molecule has 4 N–H and O–H groups in total. The largest absolute Gasteiger partial charge is 0.491 e. The number of amides is 1. The number of hydrogen-bond donors (Lipinski definition) is 3. The lowest BCUT2D eigenvalue weighted by Gasteiger charge is -2.06. The van der Waals surface area contributed by atoms with Gasteiger partial charge >= 0.3 is 0 Å². The number of rotatable bonds is 2. The zero-order chi connectivity index (χ0) is 22.5. The normalized spacial score (nSPS) is 12.8. The Labute approximate surface area is 179 Å². The summed E-state index contributed by atoms with van der Waals surface area (Å²) in [7, 11) is 0. The van der Waals surface area contributed by atoms with Crippen molar-refractivity contribution in [2.24, 2.45) is 5.73 Å². The van der Waals surface area contributed by atoms with E-state index in [1.165, 1.54) is 0 Å². The predicted molar refractivity (Wildman–Crippen MR) is 112 cm³/mol. The van der Waals surface area contributed by atoms with Crippen LogP contribution in [0.25, 0.3) is 11.4 Å². The molecule has 0 aliphatic carbocycles. The van der Waals surface area contributed by atoms with Crippen molar-refractivity contribution in [3.8, 4) is 29.0 Å². The molecule has 0 spiro atoms. The summed E-state index contributed by atoms with van der Waals surface area (Å²) in [5.74, 6) is 6.91. The number of nitrogens with two attached hydrogens (primary N) is 1. The third-order valence-corrected chi connectivity index (χ3v) is 4.12. The number of hydrogen-bond acceptors (Lipinski definition) is 7. The van der Waals surface area contributed by atoms with Gasteiger partial charge in [-0.1, -0.05) is 17.0 Å². The molecule has 9 nitrogen and oxygen atoms in total. The minimum absolute atomic E-state index is 0.167. The van der Waals surface area contributed by atoms with Crippen molar-refractivity contribution in [3.05, 3.63) is 53.2 Å². The Balaban J connectivity index is 0.000000628. The molecule has 1 atom stereocenters. The second kappa shape index (κ2) is 9.47. The van der Waals surface area contributed by atoms with Gasteiger partial charge in [-0.05, 0) is 39.0 Å². The second-order valence-corrected chi connectivity index (χ2v) is 7.19. The minimum Gasteiger partial charge on any atom is -0.491 e. The monoisotopic (exact) mass is 424 g/mol. The van der Waals surface area contributed by atoms with Gasteiger partial charge in [-0.3, -0.25) is 4.79 Å². The summed E-state index contributed by atoms with van der Waals surface area (Å²) in [6.07, 6.45) is 0.395. The maximum atomic E-state index is 11.4. The third-order valence-electron chi connectivity index (χ3n) is 4.12. The van der Waals surface area contributed by atoms with Crippen LogP contribution in [0.4, 0.5) is 0 Å². The lowest BCUT2D eigenvalue weighted by molar-refractivity contribution is 0.0996. The first-order chi connectivity index (χ1) is 14.7. The first kappa shape index (κ1) is 22.1. The molecule has 0 bridgehead atoms. The molecule has 0 radical (unpaired) electrons. The van der Waals surface area contributed by atoms with Crippen LogP contribution >= 0.6 is 0 Å². The topological polar surface area (TPSA) is 137 Å². The van der Waals surface area contributed by atoms with Crippen molar-refractivity contribution in [2.75, 3.05) is 6.61 Å². The van der Waals surface area contributed by atoms with Gasteiger partial charge in [-0.15, -0.1) is 0 Å². The summed E-state index contributed by atoms with van der Waals surface area (Å²) in [5, 5.41) is 21.9. The molecule has 4 rings (SSSR count). The van der Waals surface area contributed by atoms with Gasteiger partial charge in [-0.2, -0.15) is 0 Å². The Morgan fingerprint density at radius 1 is 1.29 bits per heavy atom. The van der Waals surface area contributed by atoms with E-state index in [9.17, 15) is 9.90 Å². The fourth-order valence-corrected chi connectivity index (χ4v) is 2.82. The first-order valence-electron chi connectivity index (χ1n) is 9.69. The van der Waals surface area contributed by atoms with Gasteiger partial charge in [0.15, 0.2) is 6.10 Å². The highest BCUT2D eigenvalue weighted by Crippen LogP contribution is 2.32. The lowest BCUT2D eigenvalue weighted by atomic mass is 10.1. The number of imidazole rings is 1. The van der Waals surface area contributed by atoms with Crippen LogP contribution in [-0.4, -0.2) is 43.5 Å². The molecule has 1 aliphatic heterocycles. The van der Waals surface area contributed by atoms with Crippen molar-refractivity contribution in [1.29, 1.82) is 0 Å². The number of nitrogens with zero attached hydrogens (tertiary/aromatic N) is 3. The minimum atomic E-state index is -1.05. The van der Waals surface area contributed by atoms with Gasteiger partial charge in [0.25, 0.3) is 5.91 Å². The van der Waals surface area contributed by atoms with E-state index in [-0.39, 0.29) is 11.8 Å². The number of carbonyl (C=O) groups excluding carboxylic acids is 1. The average molecular weight is 424 g/mol. The number of ether oxygens (including phenoxy) is 1. The zero-order valence-corrected chi connectivity index (χ0v) is 17.5. The number of aryl methyl sites for hydroxylation is 1. The highest BCUT2D eigenvalue weighted by atomic mass is 16.5. The van der Waals surface area contributed by atoms with Crippen molar-refractivity contribution in [3.63, 3.8) is 0 Å². The molecule has 0 saturated heterocycles. The molecule has 0 saturated carbocycles. The second-order valence-electron chi connectivity index (χ2n) is 7.19. The highest BCUT2D eigenvalue weighted by molar-refractivity contribution is 5.91. The third kappa shape index (κ3) is 5.51. The van der Waals surface area contributed by atoms with Crippen LogP contribution < -0.4 is 10.5 Å². The van der Waals surface area contributed by atoms with Crippen LogP contribution in [-0.2, 0) is 6.54 Å². The number of benzene rings is 1. The number of aromatic nitrogens is 3. The van der Waals surface area contributed by atoms with Gasteiger partial charge in [-0.25, -0.2) is 4.98 Å². The van der Waals surface area contributed by atoms with E-state index in [4.69, 9.17) is 20.1 Å². The average Bonchev–Trinajstić information content (AvgIpc) is 3.29. The van der Waals surface area contributed by atoms with Gasteiger partial charge in [0.05, 0.1) is 12.1 Å². The Morgan fingerprint density at radius 3 is 2.68 bits per heavy atom. The Hall–Kier alpha value is -3.61. The maximum absolute atomic E-state index is 11.4. The standard InChI is InChI=1S/C19H16N4O4.C3H8O/c1-11-8-14(22-27-11)16(24)4-2-12-3-5-17-13(9-12)19-21-15(18(20)25)10-23(19)6-7-26-17;1-3(2)4/h3,5,8-10,16,24H,6-7H2,1H3,(H2,20,25);3-4H,1-2H3.